The van der Waals surface area contributed by atoms with Crippen LogP contribution >= 0.6 is 11.3 Å². The summed E-state index contributed by atoms with van der Waals surface area (Å²) in [6, 6.07) is 5.03. The third-order valence-electron chi connectivity index (χ3n) is 5.83. The summed E-state index contributed by atoms with van der Waals surface area (Å²) in [5.74, 6) is -5.20. The second-order valence-electron chi connectivity index (χ2n) is 8.59. The Bertz CT molecular complexity index is 1250. The fraction of sp³-hybridized carbons (Fsp3) is 0.391. The van der Waals surface area contributed by atoms with Gasteiger partial charge in [-0.25, -0.2) is 28.1 Å². The maximum Gasteiger partial charge on any atom is 0.434 e. The summed E-state index contributed by atoms with van der Waals surface area (Å²) in [7, 11) is 0. The van der Waals surface area contributed by atoms with Crippen LogP contribution in [-0.4, -0.2) is 50.8 Å². The van der Waals surface area contributed by atoms with Gasteiger partial charge in [-0.05, 0) is 18.9 Å². The predicted octanol–water partition coefficient (Wildman–Crippen LogP) is 5.66. The minimum absolute atomic E-state index is 0.00326. The number of nitrogens with one attached hydrogen (secondary N) is 1. The third kappa shape index (κ3) is 5.45. The van der Waals surface area contributed by atoms with E-state index in [1.54, 1.807) is 19.9 Å². The van der Waals surface area contributed by atoms with Crippen molar-refractivity contribution in [3.05, 3.63) is 58.9 Å². The normalized spacial score (nSPS) is 19.8. The highest BCUT2D eigenvalue weighted by molar-refractivity contribution is 7.15. The van der Waals surface area contributed by atoms with Gasteiger partial charge in [0, 0.05) is 18.5 Å². The first-order chi connectivity index (χ1) is 16.9. The molecule has 4 rings (SSSR count). The number of rotatable bonds is 5. The molecule has 0 aliphatic carbocycles. The number of hydrogen-bond acceptors (Lipinski definition) is 6. The molecular formula is C23H21F6N5OS. The Morgan fingerprint density at radius 1 is 1.22 bits per heavy atom. The van der Waals surface area contributed by atoms with Crippen LogP contribution in [-0.2, 0) is 6.18 Å². The lowest BCUT2D eigenvalue weighted by molar-refractivity contribution is -0.141. The van der Waals surface area contributed by atoms with Crippen molar-refractivity contribution >= 4 is 23.1 Å². The molecule has 1 amide bonds. The minimum atomic E-state index is -4.65. The van der Waals surface area contributed by atoms with Gasteiger partial charge in [0.2, 0.25) is 0 Å². The topological polar surface area (TPSA) is 71.0 Å². The number of likely N-dealkylation sites (tertiary alicyclic amines) is 1. The first kappa shape index (κ1) is 25.9. The number of benzene rings is 1. The molecule has 0 spiro atoms. The molecule has 0 radical (unpaired) electrons. The number of hydrogen-bond donors (Lipinski definition) is 1. The van der Waals surface area contributed by atoms with Gasteiger partial charge in [-0.1, -0.05) is 25.1 Å². The Morgan fingerprint density at radius 3 is 2.58 bits per heavy atom. The van der Waals surface area contributed by atoms with E-state index in [4.69, 9.17) is 0 Å². The van der Waals surface area contributed by atoms with E-state index in [9.17, 15) is 31.1 Å². The standard InChI is InChI=1S/C23H21F6N5OS/c1-12-7-22(25,26)11-34(16(12)8-31-18-10-30-17(9-32-18)23(27,28)29)21(35)19-20(36-13(2)33-19)14-5-3-4-6-15(14)24/h3-6,9-10,12,16H,7-8,11H2,1-2H3,(H,31,32). The predicted molar refractivity (Wildman–Crippen MR) is 121 cm³/mol. The zero-order valence-corrected chi connectivity index (χ0v) is 19.9. The smallest absolute Gasteiger partial charge is 0.367 e. The second-order valence-corrected chi connectivity index (χ2v) is 9.80. The molecule has 1 aliphatic rings. The Kier molecular flexibility index (Phi) is 6.95. The van der Waals surface area contributed by atoms with Crippen molar-refractivity contribution in [3.63, 3.8) is 0 Å². The molecule has 192 valence electrons. The third-order valence-corrected chi connectivity index (χ3v) is 6.83. The number of carbonyl (C=O) groups is 1. The summed E-state index contributed by atoms with van der Waals surface area (Å²) >= 11 is 1.08. The largest absolute Gasteiger partial charge is 0.434 e. The minimum Gasteiger partial charge on any atom is -0.367 e. The summed E-state index contributed by atoms with van der Waals surface area (Å²) in [5, 5.41) is 3.25. The highest BCUT2D eigenvalue weighted by Crippen LogP contribution is 2.38. The molecule has 2 aromatic heterocycles. The highest BCUT2D eigenvalue weighted by Gasteiger charge is 2.47. The number of nitrogens with zero attached hydrogens (tertiary/aromatic N) is 4. The summed E-state index contributed by atoms with van der Waals surface area (Å²) in [6.07, 6.45) is -3.70. The van der Waals surface area contributed by atoms with E-state index < -0.39 is 54.4 Å². The Morgan fingerprint density at radius 2 is 1.94 bits per heavy atom. The van der Waals surface area contributed by atoms with Crippen LogP contribution < -0.4 is 5.32 Å². The number of piperidine rings is 1. The molecule has 3 heterocycles. The maximum atomic E-state index is 14.5. The molecule has 1 saturated heterocycles. The molecule has 0 bridgehead atoms. The van der Waals surface area contributed by atoms with Gasteiger partial charge in [-0.3, -0.25) is 4.79 Å². The van der Waals surface area contributed by atoms with Gasteiger partial charge >= 0.3 is 6.18 Å². The first-order valence-electron chi connectivity index (χ1n) is 10.9. The van der Waals surface area contributed by atoms with Crippen molar-refractivity contribution < 1.29 is 31.1 Å². The van der Waals surface area contributed by atoms with E-state index in [1.807, 2.05) is 0 Å². The van der Waals surface area contributed by atoms with Crippen molar-refractivity contribution in [1.82, 2.24) is 19.9 Å². The van der Waals surface area contributed by atoms with E-state index in [0.29, 0.717) is 11.2 Å². The van der Waals surface area contributed by atoms with Crippen molar-refractivity contribution in [3.8, 4) is 10.4 Å². The highest BCUT2D eigenvalue weighted by atomic mass is 32.1. The molecular weight excluding hydrogens is 508 g/mol. The van der Waals surface area contributed by atoms with E-state index in [0.717, 1.165) is 22.4 Å². The van der Waals surface area contributed by atoms with Gasteiger partial charge in [0.05, 0.1) is 34.9 Å². The van der Waals surface area contributed by atoms with E-state index in [2.05, 4.69) is 20.3 Å². The van der Waals surface area contributed by atoms with Crippen LogP contribution in [0.15, 0.2) is 36.7 Å². The van der Waals surface area contributed by atoms with Crippen LogP contribution in [0.2, 0.25) is 0 Å². The van der Waals surface area contributed by atoms with Crippen LogP contribution in [0.5, 0.6) is 0 Å². The Hall–Kier alpha value is -3.22. The van der Waals surface area contributed by atoms with Crippen molar-refractivity contribution in [2.75, 3.05) is 18.4 Å². The van der Waals surface area contributed by atoms with Crippen LogP contribution in [0.4, 0.5) is 32.2 Å². The quantitative estimate of drug-likeness (QED) is 0.432. The van der Waals surface area contributed by atoms with Gasteiger partial charge < -0.3 is 10.2 Å². The molecule has 1 aromatic carbocycles. The van der Waals surface area contributed by atoms with Gasteiger partial charge in [-0.2, -0.15) is 13.2 Å². The summed E-state index contributed by atoms with van der Waals surface area (Å²) < 4.78 is 81.8. The van der Waals surface area contributed by atoms with Crippen LogP contribution in [0.1, 0.15) is 34.5 Å². The van der Waals surface area contributed by atoms with E-state index in [-0.39, 0.29) is 28.5 Å². The molecule has 1 N–H and O–H groups in total. The molecule has 1 aliphatic heterocycles. The zero-order valence-electron chi connectivity index (χ0n) is 19.1. The molecule has 0 saturated carbocycles. The molecule has 2 unspecified atom stereocenters. The van der Waals surface area contributed by atoms with Gasteiger partial charge in [0.15, 0.2) is 5.69 Å². The lowest BCUT2D eigenvalue weighted by Gasteiger charge is -2.43. The van der Waals surface area contributed by atoms with E-state index >= 15 is 0 Å². The fourth-order valence-corrected chi connectivity index (χ4v) is 5.13. The van der Waals surface area contributed by atoms with Crippen LogP contribution in [0.25, 0.3) is 10.4 Å². The molecule has 6 nitrogen and oxygen atoms in total. The van der Waals surface area contributed by atoms with Crippen molar-refractivity contribution in [2.24, 2.45) is 5.92 Å². The monoisotopic (exact) mass is 529 g/mol. The lowest BCUT2D eigenvalue weighted by atomic mass is 9.88. The number of alkyl halides is 5. The lowest BCUT2D eigenvalue weighted by Crippen LogP contribution is -2.57. The van der Waals surface area contributed by atoms with Crippen molar-refractivity contribution in [1.29, 1.82) is 0 Å². The number of thiazole rings is 1. The number of carbonyl (C=O) groups excluding carboxylic acids is 1. The number of amides is 1. The Labute approximate surface area is 206 Å². The zero-order chi connectivity index (χ0) is 26.3. The van der Waals surface area contributed by atoms with Crippen LogP contribution in [0.3, 0.4) is 0 Å². The average Bonchev–Trinajstić information content (AvgIpc) is 3.18. The SMILES string of the molecule is Cc1nc(C(=O)N2CC(F)(F)CC(C)C2CNc2cnc(C(F)(F)F)cn2)c(-c2ccccc2F)s1. The second kappa shape index (κ2) is 9.68. The molecule has 36 heavy (non-hydrogen) atoms. The van der Waals surface area contributed by atoms with Gasteiger partial charge in [0.25, 0.3) is 11.8 Å². The maximum absolute atomic E-state index is 14.5. The van der Waals surface area contributed by atoms with Gasteiger partial charge in [0.1, 0.15) is 17.3 Å². The number of halogens is 6. The summed E-state index contributed by atoms with van der Waals surface area (Å²) in [6.45, 7) is 2.24. The van der Waals surface area contributed by atoms with Crippen molar-refractivity contribution in [2.45, 2.75) is 38.4 Å². The Balaban J connectivity index is 1.62. The van der Waals surface area contributed by atoms with Gasteiger partial charge in [-0.15, -0.1) is 11.3 Å². The fourth-order valence-electron chi connectivity index (χ4n) is 4.19. The molecule has 2 atom stereocenters. The summed E-state index contributed by atoms with van der Waals surface area (Å²) in [5.41, 5.74) is -1.17. The average molecular weight is 530 g/mol. The molecule has 1 fully saturated rings. The molecule has 13 heteroatoms. The summed E-state index contributed by atoms with van der Waals surface area (Å²) in [4.78, 5) is 26.0. The number of anilines is 1. The first-order valence-corrected chi connectivity index (χ1v) is 11.7. The van der Waals surface area contributed by atoms with Crippen LogP contribution in [0, 0.1) is 18.7 Å². The van der Waals surface area contributed by atoms with E-state index in [1.165, 1.54) is 18.2 Å². The number of aromatic nitrogens is 3. The number of aryl methyl sites for hydroxylation is 1. The molecule has 3 aromatic rings.